The molecule has 0 unspecified atom stereocenters. The summed E-state index contributed by atoms with van der Waals surface area (Å²) in [5.41, 5.74) is 7.45. The van der Waals surface area contributed by atoms with Gasteiger partial charge in [0.25, 0.3) is 0 Å². The molecule has 4 heterocycles. The molecule has 1 fully saturated rings. The summed E-state index contributed by atoms with van der Waals surface area (Å²) in [6.45, 7) is 2.91. The van der Waals surface area contributed by atoms with E-state index in [4.69, 9.17) is 20.4 Å². The molecular formula is C19H25N7O3S. The van der Waals surface area contributed by atoms with Crippen molar-refractivity contribution in [3.63, 3.8) is 0 Å². The Morgan fingerprint density at radius 2 is 2.10 bits per heavy atom. The van der Waals surface area contributed by atoms with Crippen LogP contribution in [0.3, 0.4) is 0 Å². The lowest BCUT2D eigenvalue weighted by Gasteiger charge is -2.38. The van der Waals surface area contributed by atoms with Gasteiger partial charge in [-0.15, -0.1) is 0 Å². The molecule has 1 saturated heterocycles. The fourth-order valence-corrected chi connectivity index (χ4v) is 5.38. The number of aromatic nitrogens is 2. The van der Waals surface area contributed by atoms with Crippen molar-refractivity contribution in [2.45, 2.75) is 17.0 Å². The summed E-state index contributed by atoms with van der Waals surface area (Å²) < 4.78 is 30.6. The van der Waals surface area contributed by atoms with Crippen LogP contribution in [0.4, 0.5) is 23.3 Å². The maximum Gasteiger partial charge on any atom is 0.229 e. The third kappa shape index (κ3) is 3.32. The van der Waals surface area contributed by atoms with Gasteiger partial charge in [-0.1, -0.05) is 18.2 Å². The van der Waals surface area contributed by atoms with Crippen molar-refractivity contribution in [3.05, 3.63) is 29.8 Å². The highest BCUT2D eigenvalue weighted by Crippen LogP contribution is 2.37. The van der Waals surface area contributed by atoms with Gasteiger partial charge in [0, 0.05) is 26.7 Å². The second-order valence-corrected chi connectivity index (χ2v) is 10.2. The van der Waals surface area contributed by atoms with E-state index in [1.165, 1.54) is 0 Å². The maximum absolute atomic E-state index is 12.7. The summed E-state index contributed by atoms with van der Waals surface area (Å²) >= 11 is 0. The first-order valence-electron chi connectivity index (χ1n) is 9.88. The molecule has 0 atom stereocenters. The van der Waals surface area contributed by atoms with E-state index < -0.39 is 15.4 Å². The lowest BCUT2D eigenvalue weighted by molar-refractivity contribution is -0.0461. The Morgan fingerprint density at radius 3 is 2.87 bits per heavy atom. The first-order valence-corrected chi connectivity index (χ1v) is 11.5. The summed E-state index contributed by atoms with van der Waals surface area (Å²) in [6, 6.07) is 7.13. The summed E-state index contributed by atoms with van der Waals surface area (Å²) in [5.74, 6) is 1.95. The van der Waals surface area contributed by atoms with Crippen LogP contribution in [0.15, 0.2) is 29.2 Å². The van der Waals surface area contributed by atoms with Gasteiger partial charge in [-0.3, -0.25) is 0 Å². The second kappa shape index (κ2) is 6.96. The molecular weight excluding hydrogens is 406 g/mol. The average molecular weight is 432 g/mol. The van der Waals surface area contributed by atoms with Gasteiger partial charge in [0.1, 0.15) is 5.69 Å². The predicted molar refractivity (Wildman–Crippen MR) is 115 cm³/mol. The lowest BCUT2D eigenvalue weighted by atomic mass is 9.99. The number of nitrogens with zero attached hydrogens (tertiary/aromatic N) is 4. The SMILES string of the molecule is CN1CNc2c(NCC3(N)COC3)nc(N3CCS(=O)(=O)c4ccccc4C3)nc21. The maximum atomic E-state index is 12.7. The number of benzene rings is 1. The molecule has 0 saturated carbocycles. The van der Waals surface area contributed by atoms with Crippen molar-refractivity contribution in [3.8, 4) is 0 Å². The van der Waals surface area contributed by atoms with Crippen molar-refractivity contribution < 1.29 is 13.2 Å². The van der Waals surface area contributed by atoms with E-state index in [9.17, 15) is 8.42 Å². The molecule has 0 radical (unpaired) electrons. The van der Waals surface area contributed by atoms with Gasteiger partial charge in [-0.2, -0.15) is 9.97 Å². The molecule has 0 amide bonds. The van der Waals surface area contributed by atoms with Crippen molar-refractivity contribution in [2.75, 3.05) is 66.2 Å². The van der Waals surface area contributed by atoms with E-state index in [2.05, 4.69) is 10.6 Å². The van der Waals surface area contributed by atoms with Crippen LogP contribution in [0.1, 0.15) is 5.56 Å². The van der Waals surface area contributed by atoms with Crippen LogP contribution in [0, 0.1) is 0 Å². The topological polar surface area (TPSA) is 126 Å². The molecule has 30 heavy (non-hydrogen) atoms. The number of ether oxygens (including phenoxy) is 1. The minimum atomic E-state index is -3.34. The molecule has 4 N–H and O–H groups in total. The molecule has 3 aliphatic heterocycles. The zero-order valence-corrected chi connectivity index (χ0v) is 17.6. The summed E-state index contributed by atoms with van der Waals surface area (Å²) in [7, 11) is -1.39. The van der Waals surface area contributed by atoms with E-state index in [0.29, 0.717) is 56.2 Å². The van der Waals surface area contributed by atoms with Crippen LogP contribution in [0.25, 0.3) is 0 Å². The number of sulfone groups is 1. The van der Waals surface area contributed by atoms with Crippen LogP contribution in [-0.4, -0.2) is 69.7 Å². The van der Waals surface area contributed by atoms with Gasteiger partial charge < -0.3 is 30.9 Å². The zero-order valence-electron chi connectivity index (χ0n) is 16.8. The summed E-state index contributed by atoms with van der Waals surface area (Å²) in [4.78, 5) is 13.8. The van der Waals surface area contributed by atoms with Gasteiger partial charge in [0.05, 0.1) is 36.1 Å². The molecule has 0 spiro atoms. The number of nitrogens with two attached hydrogens (primary N) is 1. The Labute approximate surface area is 175 Å². The van der Waals surface area contributed by atoms with E-state index >= 15 is 0 Å². The number of hydrogen-bond acceptors (Lipinski definition) is 10. The van der Waals surface area contributed by atoms with Gasteiger partial charge in [0.2, 0.25) is 5.95 Å². The fraction of sp³-hybridized carbons (Fsp3) is 0.474. The molecule has 1 aromatic heterocycles. The zero-order chi connectivity index (χ0) is 20.9. The van der Waals surface area contributed by atoms with E-state index in [1.54, 1.807) is 12.1 Å². The van der Waals surface area contributed by atoms with Crippen molar-refractivity contribution >= 4 is 33.1 Å². The molecule has 1 aromatic carbocycles. The summed E-state index contributed by atoms with van der Waals surface area (Å²) in [5, 5.41) is 6.66. The Bertz CT molecular complexity index is 1090. The third-order valence-corrected chi connectivity index (χ3v) is 7.49. The Balaban J connectivity index is 1.50. The first-order chi connectivity index (χ1) is 14.3. The largest absolute Gasteiger partial charge is 0.377 e. The normalized spacial score (nSPS) is 21.1. The van der Waals surface area contributed by atoms with E-state index in [0.717, 1.165) is 17.1 Å². The lowest BCUT2D eigenvalue weighted by Crippen LogP contribution is -2.61. The highest BCUT2D eigenvalue weighted by atomic mass is 32.2. The Morgan fingerprint density at radius 1 is 1.30 bits per heavy atom. The Kier molecular flexibility index (Phi) is 4.49. The van der Waals surface area contributed by atoms with Gasteiger partial charge >= 0.3 is 0 Å². The second-order valence-electron chi connectivity index (χ2n) is 8.16. The predicted octanol–water partition coefficient (Wildman–Crippen LogP) is 0.229. The van der Waals surface area contributed by atoms with E-state index in [-0.39, 0.29) is 5.75 Å². The number of fused-ring (bicyclic) bond motifs is 2. The van der Waals surface area contributed by atoms with Crippen molar-refractivity contribution in [2.24, 2.45) is 5.73 Å². The minimum Gasteiger partial charge on any atom is -0.377 e. The molecule has 10 nitrogen and oxygen atoms in total. The average Bonchev–Trinajstić information content (AvgIpc) is 3.02. The van der Waals surface area contributed by atoms with Crippen LogP contribution in [0.5, 0.6) is 0 Å². The smallest absolute Gasteiger partial charge is 0.229 e. The standard InChI is InChI=1S/C19H25N7O3S/c1-25-12-22-15-16(21-9-19(20)10-29-11-19)23-18(24-17(15)25)26-6-7-30(27,28)14-5-3-2-4-13(14)8-26/h2-5,22H,6-12,20H2,1H3,(H,21,23,24). The number of rotatable bonds is 4. The molecule has 11 heteroatoms. The van der Waals surface area contributed by atoms with Crippen LogP contribution >= 0.6 is 0 Å². The first kappa shape index (κ1) is 19.3. The van der Waals surface area contributed by atoms with E-state index in [1.807, 2.05) is 29.0 Å². The highest BCUT2D eigenvalue weighted by molar-refractivity contribution is 7.91. The van der Waals surface area contributed by atoms with Crippen molar-refractivity contribution in [1.29, 1.82) is 0 Å². The molecule has 160 valence electrons. The molecule has 0 aliphatic carbocycles. The number of nitrogens with one attached hydrogen (secondary N) is 2. The van der Waals surface area contributed by atoms with Gasteiger partial charge in [0.15, 0.2) is 21.5 Å². The third-order valence-electron chi connectivity index (χ3n) is 5.70. The van der Waals surface area contributed by atoms with Crippen LogP contribution in [-0.2, 0) is 21.1 Å². The van der Waals surface area contributed by atoms with Crippen LogP contribution < -0.4 is 26.2 Å². The molecule has 0 bridgehead atoms. The van der Waals surface area contributed by atoms with Crippen LogP contribution in [0.2, 0.25) is 0 Å². The molecule has 5 rings (SSSR count). The Hall–Kier alpha value is -2.63. The van der Waals surface area contributed by atoms with Gasteiger partial charge in [-0.25, -0.2) is 8.42 Å². The number of hydrogen-bond donors (Lipinski definition) is 3. The quantitative estimate of drug-likeness (QED) is 0.619. The highest BCUT2D eigenvalue weighted by Gasteiger charge is 2.35. The molecule has 2 aromatic rings. The van der Waals surface area contributed by atoms with Crippen molar-refractivity contribution in [1.82, 2.24) is 9.97 Å². The summed E-state index contributed by atoms with van der Waals surface area (Å²) in [6.07, 6.45) is 0. The fourth-order valence-electron chi connectivity index (χ4n) is 3.88. The molecule has 3 aliphatic rings. The minimum absolute atomic E-state index is 0.0184. The van der Waals surface area contributed by atoms with Gasteiger partial charge in [-0.05, 0) is 11.6 Å². The monoisotopic (exact) mass is 431 g/mol. The number of anilines is 4.